The number of nitrogens with zero attached hydrogens (tertiary/aromatic N) is 3. The van der Waals surface area contributed by atoms with Gasteiger partial charge in [0, 0.05) is 29.3 Å². The van der Waals surface area contributed by atoms with Crippen molar-refractivity contribution < 1.29 is 19.2 Å². The van der Waals surface area contributed by atoms with E-state index in [2.05, 4.69) is 6.07 Å². The highest BCUT2D eigenvalue weighted by Crippen LogP contribution is 2.52. The summed E-state index contributed by atoms with van der Waals surface area (Å²) in [5.74, 6) is 0.255. The van der Waals surface area contributed by atoms with Crippen LogP contribution in [0.1, 0.15) is 52.0 Å². The lowest BCUT2D eigenvalue weighted by Crippen LogP contribution is -2.42. The molecule has 2 aromatic rings. The van der Waals surface area contributed by atoms with Crippen molar-refractivity contribution in [3.05, 3.63) is 79.8 Å². The number of nitro benzene ring substituents is 1. The number of benzene rings is 2. The molecule has 0 bridgehead atoms. The van der Waals surface area contributed by atoms with Crippen molar-refractivity contribution in [2.45, 2.75) is 46.5 Å². The van der Waals surface area contributed by atoms with E-state index in [0.717, 1.165) is 0 Å². The molecule has 1 atom stereocenters. The molecular formula is C28H29ClN4O5. The molecule has 0 amide bonds. The molecule has 2 aliphatic rings. The second-order valence-electron chi connectivity index (χ2n) is 9.94. The Morgan fingerprint density at radius 1 is 1.18 bits per heavy atom. The zero-order chi connectivity index (χ0) is 27.8. The van der Waals surface area contributed by atoms with E-state index in [1.807, 2.05) is 27.7 Å². The molecule has 9 nitrogen and oxygen atoms in total. The molecule has 198 valence electrons. The Morgan fingerprint density at radius 2 is 1.89 bits per heavy atom. The lowest BCUT2D eigenvalue weighted by atomic mass is 9.68. The van der Waals surface area contributed by atoms with Gasteiger partial charge in [-0.15, -0.1) is 0 Å². The van der Waals surface area contributed by atoms with Gasteiger partial charge >= 0.3 is 0 Å². The van der Waals surface area contributed by atoms with E-state index in [-0.39, 0.29) is 34.3 Å². The van der Waals surface area contributed by atoms with E-state index in [9.17, 15) is 20.2 Å². The second-order valence-corrected chi connectivity index (χ2v) is 10.3. The predicted octanol–water partition coefficient (Wildman–Crippen LogP) is 5.99. The normalized spacial score (nSPS) is 18.7. The average Bonchev–Trinajstić information content (AvgIpc) is 2.84. The number of rotatable bonds is 7. The van der Waals surface area contributed by atoms with Crippen LogP contribution in [0.3, 0.4) is 0 Å². The zero-order valence-corrected chi connectivity index (χ0v) is 22.5. The van der Waals surface area contributed by atoms with Crippen LogP contribution >= 0.6 is 11.6 Å². The number of halogens is 1. The fourth-order valence-corrected chi connectivity index (χ4v) is 5.38. The van der Waals surface area contributed by atoms with Crippen molar-refractivity contribution in [2.24, 2.45) is 11.1 Å². The van der Waals surface area contributed by atoms with Crippen LogP contribution < -0.4 is 20.1 Å². The van der Waals surface area contributed by atoms with Gasteiger partial charge in [-0.25, -0.2) is 0 Å². The largest absolute Gasteiger partial charge is 0.494 e. The average molecular weight is 537 g/mol. The number of Topliss-reactive ketones (excluding diaryl/α,β-unsaturated/α-hetero) is 1. The number of nitrogens with two attached hydrogens (primary N) is 1. The third kappa shape index (κ3) is 4.79. The molecule has 1 heterocycles. The third-order valence-electron chi connectivity index (χ3n) is 6.67. The summed E-state index contributed by atoms with van der Waals surface area (Å²) in [6.07, 6.45) is 0.722. The Balaban J connectivity index is 2.03. The Labute approximate surface area is 226 Å². The first-order valence-electron chi connectivity index (χ1n) is 12.3. The Morgan fingerprint density at radius 3 is 2.53 bits per heavy atom. The number of nitriles is 1. The first-order chi connectivity index (χ1) is 18.0. The number of allylic oxidation sites excluding steroid dienone is 3. The highest BCUT2D eigenvalue weighted by Gasteiger charge is 2.45. The third-order valence-corrected chi connectivity index (χ3v) is 6.99. The number of carbonyl (C=O) groups excluding carboxylic acids is 1. The monoisotopic (exact) mass is 536 g/mol. The first-order valence-corrected chi connectivity index (χ1v) is 12.7. The smallest absolute Gasteiger partial charge is 0.289 e. The maximum atomic E-state index is 13.8. The summed E-state index contributed by atoms with van der Waals surface area (Å²) in [6, 6.07) is 11.9. The SMILES string of the molecule is CCOc1ccc(OCC)c(C2C(C#N)=C(N)N(c3ccc(Cl)c([N+](=O)[O-])c3)C3=C2C(=O)CC(C)(C)C3)c1. The molecular weight excluding hydrogens is 508 g/mol. The van der Waals surface area contributed by atoms with E-state index < -0.39 is 16.3 Å². The molecule has 0 fully saturated rings. The quantitative estimate of drug-likeness (QED) is 0.337. The van der Waals surface area contributed by atoms with Gasteiger partial charge in [0.05, 0.1) is 41.4 Å². The Hall–Kier alpha value is -4.03. The minimum absolute atomic E-state index is 0.0277. The molecule has 0 aromatic heterocycles. The summed E-state index contributed by atoms with van der Waals surface area (Å²) in [5.41, 5.74) is 8.07. The van der Waals surface area contributed by atoms with E-state index >= 15 is 0 Å². The van der Waals surface area contributed by atoms with Crippen LogP contribution in [0, 0.1) is 26.9 Å². The standard InChI is InChI=1S/C28H29ClN4O5/c1-5-37-17-8-10-24(38-6-2)18(12-17)25-19(15-30)27(31)32(16-7-9-20(29)21(11-16)33(35)36)22-13-28(3,4)14-23(34)26(22)25/h7-12,25H,5-6,13-14,31H2,1-4H3. The fourth-order valence-electron chi connectivity index (χ4n) is 5.19. The van der Waals surface area contributed by atoms with Gasteiger partial charge in [-0.2, -0.15) is 5.26 Å². The van der Waals surface area contributed by atoms with E-state index in [1.54, 1.807) is 29.2 Å². The van der Waals surface area contributed by atoms with Crippen LogP contribution in [0.5, 0.6) is 11.5 Å². The lowest BCUT2D eigenvalue weighted by Gasteiger charge is -2.43. The molecule has 0 saturated heterocycles. The van der Waals surface area contributed by atoms with Gasteiger partial charge in [0.1, 0.15) is 22.3 Å². The van der Waals surface area contributed by atoms with Crippen molar-refractivity contribution in [1.82, 2.24) is 0 Å². The van der Waals surface area contributed by atoms with Gasteiger partial charge in [-0.3, -0.25) is 19.8 Å². The number of carbonyl (C=O) groups is 1. The molecule has 10 heteroatoms. The molecule has 4 rings (SSSR count). The van der Waals surface area contributed by atoms with Crippen molar-refractivity contribution in [3.8, 4) is 17.6 Å². The van der Waals surface area contributed by atoms with Crippen LogP contribution in [0.25, 0.3) is 0 Å². The highest BCUT2D eigenvalue weighted by molar-refractivity contribution is 6.32. The minimum atomic E-state index is -0.793. The van der Waals surface area contributed by atoms with Crippen molar-refractivity contribution in [1.29, 1.82) is 5.26 Å². The summed E-state index contributed by atoms with van der Waals surface area (Å²) in [7, 11) is 0. The van der Waals surface area contributed by atoms with Gasteiger partial charge < -0.3 is 15.2 Å². The molecule has 1 unspecified atom stereocenters. The molecule has 0 radical (unpaired) electrons. The second kappa shape index (κ2) is 10.4. The minimum Gasteiger partial charge on any atom is -0.494 e. The maximum absolute atomic E-state index is 13.8. The van der Waals surface area contributed by atoms with Gasteiger partial charge in [0.25, 0.3) is 5.69 Å². The molecule has 2 N–H and O–H groups in total. The molecule has 2 aromatic carbocycles. The number of ether oxygens (including phenoxy) is 2. The topological polar surface area (TPSA) is 132 Å². The summed E-state index contributed by atoms with van der Waals surface area (Å²) in [6.45, 7) is 8.49. The Bertz CT molecular complexity index is 1420. The number of hydrogen-bond acceptors (Lipinski definition) is 8. The van der Waals surface area contributed by atoms with Crippen LogP contribution in [0.4, 0.5) is 11.4 Å². The highest BCUT2D eigenvalue weighted by atomic mass is 35.5. The zero-order valence-electron chi connectivity index (χ0n) is 21.7. The van der Waals surface area contributed by atoms with Crippen LogP contribution in [-0.4, -0.2) is 23.9 Å². The molecule has 1 aliphatic carbocycles. The predicted molar refractivity (Wildman–Crippen MR) is 144 cm³/mol. The van der Waals surface area contributed by atoms with Gasteiger partial charge in [-0.1, -0.05) is 25.4 Å². The number of nitro groups is 1. The summed E-state index contributed by atoms with van der Waals surface area (Å²) in [5, 5.41) is 22.0. The first kappa shape index (κ1) is 27.0. The van der Waals surface area contributed by atoms with Crippen molar-refractivity contribution in [3.63, 3.8) is 0 Å². The van der Waals surface area contributed by atoms with Crippen molar-refractivity contribution >= 4 is 28.8 Å². The molecule has 0 spiro atoms. The lowest BCUT2D eigenvalue weighted by molar-refractivity contribution is -0.384. The summed E-state index contributed by atoms with van der Waals surface area (Å²) >= 11 is 6.07. The van der Waals surface area contributed by atoms with E-state index in [4.69, 9.17) is 26.8 Å². The van der Waals surface area contributed by atoms with Crippen LogP contribution in [0.2, 0.25) is 5.02 Å². The summed E-state index contributed by atoms with van der Waals surface area (Å²) in [4.78, 5) is 26.5. The van der Waals surface area contributed by atoms with E-state index in [0.29, 0.717) is 53.7 Å². The van der Waals surface area contributed by atoms with Crippen LogP contribution in [-0.2, 0) is 4.79 Å². The number of ketones is 1. The summed E-state index contributed by atoms with van der Waals surface area (Å²) < 4.78 is 11.6. The number of hydrogen-bond donors (Lipinski definition) is 1. The van der Waals surface area contributed by atoms with Crippen molar-refractivity contribution in [2.75, 3.05) is 18.1 Å². The van der Waals surface area contributed by atoms with Gasteiger partial charge in [0.2, 0.25) is 0 Å². The van der Waals surface area contributed by atoms with Crippen LogP contribution in [0.15, 0.2) is 59.1 Å². The molecule has 0 saturated carbocycles. The maximum Gasteiger partial charge on any atom is 0.289 e. The van der Waals surface area contributed by atoms with Gasteiger partial charge in [-0.05, 0) is 56.0 Å². The Kier molecular flexibility index (Phi) is 7.38. The van der Waals surface area contributed by atoms with Gasteiger partial charge in [0.15, 0.2) is 5.78 Å². The number of anilines is 1. The fraction of sp³-hybridized carbons (Fsp3) is 0.357. The van der Waals surface area contributed by atoms with E-state index in [1.165, 1.54) is 12.1 Å². The molecule has 38 heavy (non-hydrogen) atoms. The molecule has 1 aliphatic heterocycles.